The lowest BCUT2D eigenvalue weighted by molar-refractivity contribution is 0.299. The molecule has 1 aliphatic rings. The molecule has 3 rings (SSSR count). The van der Waals surface area contributed by atoms with Gasteiger partial charge in [-0.05, 0) is 48.8 Å². The van der Waals surface area contributed by atoms with E-state index >= 15 is 0 Å². The lowest BCUT2D eigenvalue weighted by atomic mass is 10.1. The Labute approximate surface area is 155 Å². The molecule has 1 saturated heterocycles. The van der Waals surface area contributed by atoms with Gasteiger partial charge in [-0.15, -0.1) is 0 Å². The Morgan fingerprint density at radius 2 is 2.15 bits per heavy atom. The fourth-order valence-electron chi connectivity index (χ4n) is 3.00. The van der Waals surface area contributed by atoms with Gasteiger partial charge in [0.15, 0.2) is 5.69 Å². The molecule has 0 aliphatic carbocycles. The van der Waals surface area contributed by atoms with Crippen molar-refractivity contribution in [3.63, 3.8) is 0 Å². The molecule has 0 atom stereocenters. The summed E-state index contributed by atoms with van der Waals surface area (Å²) in [4.78, 5) is 2.41. The first-order valence-corrected chi connectivity index (χ1v) is 8.95. The molecule has 2 N–H and O–H groups in total. The zero-order valence-electron chi connectivity index (χ0n) is 14.3. The number of aromatic nitrogens is 2. The molecule has 140 valence electrons. The van der Waals surface area contributed by atoms with Crippen molar-refractivity contribution in [2.24, 2.45) is 5.16 Å². The first kappa shape index (κ1) is 18.8. The summed E-state index contributed by atoms with van der Waals surface area (Å²) in [6.07, 6.45) is 2.76. The highest BCUT2D eigenvalue weighted by atomic mass is 35.5. The third-order valence-electron chi connectivity index (χ3n) is 4.40. The lowest BCUT2D eigenvalue weighted by Crippen LogP contribution is -2.30. The van der Waals surface area contributed by atoms with E-state index in [0.717, 1.165) is 26.2 Å². The van der Waals surface area contributed by atoms with Crippen LogP contribution in [-0.2, 0) is 13.0 Å². The Morgan fingerprint density at radius 1 is 1.35 bits per heavy atom. The van der Waals surface area contributed by atoms with Crippen LogP contribution in [0.2, 0.25) is 5.02 Å². The largest absolute Gasteiger partial charge is 0.411 e. The predicted molar refractivity (Wildman–Crippen MR) is 95.1 cm³/mol. The molecule has 0 bridgehead atoms. The molecule has 0 saturated carbocycles. The van der Waals surface area contributed by atoms with E-state index < -0.39 is 5.82 Å². The summed E-state index contributed by atoms with van der Waals surface area (Å²) in [5.74, 6) is -0.496. The molecular formula is C17H21ClFN5O2. The molecule has 1 aromatic carbocycles. The molecule has 7 nitrogen and oxygen atoms in total. The minimum absolute atomic E-state index is 0.0156. The topological polar surface area (TPSA) is 86.8 Å². The van der Waals surface area contributed by atoms with Crippen molar-refractivity contribution >= 4 is 17.3 Å². The second kappa shape index (κ2) is 9.07. The quantitative estimate of drug-likeness (QED) is 0.316. The predicted octanol–water partition coefficient (Wildman–Crippen LogP) is 2.47. The molecular weight excluding hydrogens is 361 g/mol. The van der Waals surface area contributed by atoms with Gasteiger partial charge in [0, 0.05) is 26.1 Å². The number of nitrogens with zero attached hydrogens (tertiary/aromatic N) is 4. The van der Waals surface area contributed by atoms with Gasteiger partial charge in [-0.3, -0.25) is 0 Å². The van der Waals surface area contributed by atoms with Crippen LogP contribution < -0.4 is 5.32 Å². The van der Waals surface area contributed by atoms with Gasteiger partial charge < -0.3 is 15.4 Å². The van der Waals surface area contributed by atoms with Crippen LogP contribution in [-0.4, -0.2) is 52.3 Å². The van der Waals surface area contributed by atoms with E-state index in [0.29, 0.717) is 23.5 Å². The van der Waals surface area contributed by atoms with E-state index in [1.54, 1.807) is 6.07 Å². The van der Waals surface area contributed by atoms with Crippen molar-refractivity contribution in [2.45, 2.75) is 25.8 Å². The monoisotopic (exact) mass is 381 g/mol. The third-order valence-corrected chi connectivity index (χ3v) is 4.69. The van der Waals surface area contributed by atoms with Gasteiger partial charge in [-0.2, -0.15) is 0 Å². The minimum Gasteiger partial charge on any atom is -0.411 e. The number of nitrogens with one attached hydrogen (secondary N) is 1. The first-order valence-electron chi connectivity index (χ1n) is 8.57. The molecule has 26 heavy (non-hydrogen) atoms. The first-order chi connectivity index (χ1) is 12.7. The van der Waals surface area contributed by atoms with Gasteiger partial charge in [0.25, 0.3) is 0 Å². The van der Waals surface area contributed by atoms with Gasteiger partial charge in [-0.25, -0.2) is 9.02 Å². The van der Waals surface area contributed by atoms with Gasteiger partial charge in [0.1, 0.15) is 17.2 Å². The van der Waals surface area contributed by atoms with Gasteiger partial charge in [0.05, 0.1) is 5.02 Å². The summed E-state index contributed by atoms with van der Waals surface area (Å²) >= 11 is 5.80. The number of benzene rings is 1. The fourth-order valence-corrected chi connectivity index (χ4v) is 3.20. The average Bonchev–Trinajstić information content (AvgIpc) is 3.31. The maximum atomic E-state index is 13.3. The van der Waals surface area contributed by atoms with Gasteiger partial charge >= 0.3 is 0 Å². The second-order valence-electron chi connectivity index (χ2n) is 6.26. The van der Waals surface area contributed by atoms with Crippen molar-refractivity contribution in [1.29, 1.82) is 0 Å². The number of rotatable bonds is 8. The van der Waals surface area contributed by atoms with Crippen molar-refractivity contribution in [1.82, 2.24) is 20.5 Å². The number of hydrogen-bond acceptors (Lipinski definition) is 7. The zero-order valence-corrected chi connectivity index (χ0v) is 15.0. The molecule has 1 aliphatic heterocycles. The Hall–Kier alpha value is -2.03. The minimum atomic E-state index is -0.496. The van der Waals surface area contributed by atoms with Crippen LogP contribution in [0.15, 0.2) is 28.0 Å². The van der Waals surface area contributed by atoms with E-state index in [1.165, 1.54) is 25.0 Å². The molecule has 0 radical (unpaired) electrons. The lowest BCUT2D eigenvalue weighted by Gasteiger charge is -2.14. The fraction of sp³-hybridized carbons (Fsp3) is 0.471. The summed E-state index contributed by atoms with van der Waals surface area (Å²) < 4.78 is 18.1. The SMILES string of the molecule is ON=C(Cc1ccc(F)c(Cl)c1)c1nonc1CNCCN1CCCC1. The zero-order chi connectivity index (χ0) is 18.4. The maximum absolute atomic E-state index is 13.3. The second-order valence-corrected chi connectivity index (χ2v) is 6.66. The summed E-state index contributed by atoms with van der Waals surface area (Å²) in [5.41, 5.74) is 1.92. The van der Waals surface area contributed by atoms with Gasteiger partial charge in [0.2, 0.25) is 0 Å². The number of oxime groups is 1. The van der Waals surface area contributed by atoms with Crippen molar-refractivity contribution in [3.8, 4) is 0 Å². The summed E-state index contributed by atoms with van der Waals surface area (Å²) in [6, 6.07) is 4.34. The average molecular weight is 382 g/mol. The van der Waals surface area contributed by atoms with Gasteiger partial charge in [-0.1, -0.05) is 28.0 Å². The molecule has 9 heteroatoms. The summed E-state index contributed by atoms with van der Waals surface area (Å²) in [5, 5.41) is 23.7. The van der Waals surface area contributed by atoms with Crippen LogP contribution in [0.1, 0.15) is 29.8 Å². The summed E-state index contributed by atoms with van der Waals surface area (Å²) in [7, 11) is 0. The molecule has 0 spiro atoms. The number of hydrogen-bond donors (Lipinski definition) is 2. The van der Waals surface area contributed by atoms with Crippen molar-refractivity contribution in [2.75, 3.05) is 26.2 Å². The molecule has 2 aromatic rings. The molecule has 0 amide bonds. The van der Waals surface area contributed by atoms with Crippen molar-refractivity contribution in [3.05, 3.63) is 46.0 Å². The highest BCUT2D eigenvalue weighted by molar-refractivity contribution is 6.30. The normalized spacial score (nSPS) is 15.7. The Balaban J connectivity index is 1.58. The van der Waals surface area contributed by atoms with E-state index in [4.69, 9.17) is 16.2 Å². The Kier molecular flexibility index (Phi) is 6.54. The van der Waals surface area contributed by atoms with Crippen molar-refractivity contribution < 1.29 is 14.2 Å². The highest BCUT2D eigenvalue weighted by Crippen LogP contribution is 2.18. The number of likely N-dealkylation sites (tertiary alicyclic amines) is 1. The van der Waals surface area contributed by atoms with Crippen LogP contribution in [0, 0.1) is 5.82 Å². The van der Waals surface area contributed by atoms with E-state index in [9.17, 15) is 9.60 Å². The molecule has 2 heterocycles. The van der Waals surface area contributed by atoms with E-state index in [2.05, 4.69) is 25.7 Å². The summed E-state index contributed by atoms with van der Waals surface area (Å²) in [6.45, 7) is 4.57. The standard InChI is InChI=1S/C17H21ClFN5O2/c18-13-9-12(3-4-14(13)19)10-15(21-25)17-16(22-26-23-17)11-20-5-8-24-6-1-2-7-24/h3-4,9,20,25H,1-2,5-8,10-11H2. The maximum Gasteiger partial charge on any atom is 0.157 e. The van der Waals surface area contributed by atoms with Crippen LogP contribution in [0.3, 0.4) is 0 Å². The van der Waals surface area contributed by atoms with E-state index in [-0.39, 0.29) is 17.2 Å². The van der Waals surface area contributed by atoms with Crippen LogP contribution in [0.5, 0.6) is 0 Å². The molecule has 1 aromatic heterocycles. The number of halogens is 2. The van der Waals surface area contributed by atoms with E-state index in [1.807, 2.05) is 0 Å². The smallest absolute Gasteiger partial charge is 0.157 e. The third kappa shape index (κ3) is 4.78. The van der Waals surface area contributed by atoms with Crippen LogP contribution >= 0.6 is 11.6 Å². The molecule has 0 unspecified atom stereocenters. The Bertz CT molecular complexity index is 761. The Morgan fingerprint density at radius 3 is 2.88 bits per heavy atom. The van der Waals surface area contributed by atoms with Crippen LogP contribution in [0.4, 0.5) is 4.39 Å². The molecule has 1 fully saturated rings. The highest BCUT2D eigenvalue weighted by Gasteiger charge is 2.18. The van der Waals surface area contributed by atoms with Crippen LogP contribution in [0.25, 0.3) is 0 Å².